The summed E-state index contributed by atoms with van der Waals surface area (Å²) in [6, 6.07) is 46.2. The van der Waals surface area contributed by atoms with Crippen LogP contribution < -0.4 is 20.5 Å². The number of nitriles is 2. The molecular weight excluding hydrogens is 1890 g/mol. The number of hydrogen-bond donors (Lipinski definition) is 3. The Balaban J connectivity index is 0.000000226. The molecule has 0 aliphatic carbocycles. The number of aliphatic hydroxyl groups excluding tert-OH is 1. The summed E-state index contributed by atoms with van der Waals surface area (Å²) in [6.07, 6.45) is 37.7. The number of phosphoric acid groups is 1. The van der Waals surface area contributed by atoms with Gasteiger partial charge in [-0.2, -0.15) is 20.7 Å². The fourth-order valence-electron chi connectivity index (χ4n) is 18.0. The summed E-state index contributed by atoms with van der Waals surface area (Å²) in [5.74, 6) is -1.47. The zero-order chi connectivity index (χ0) is 103. The largest absolute Gasteiger partial charge is 0.587 e. The lowest BCUT2D eigenvalue weighted by Crippen LogP contribution is -2.40. The average molecular weight is 2040 g/mol. The number of nitro benzene ring substituents is 3. The number of phosphoric ester groups is 1. The van der Waals surface area contributed by atoms with E-state index in [1.165, 1.54) is 274 Å². The Morgan fingerprint density at radius 3 is 1.14 bits per heavy atom. The molecule has 0 bridgehead atoms. The van der Waals surface area contributed by atoms with Crippen LogP contribution in [0.5, 0.6) is 11.5 Å². The van der Waals surface area contributed by atoms with Crippen molar-refractivity contribution in [1.29, 1.82) is 10.5 Å². The first-order valence-corrected chi connectivity index (χ1v) is 54.2. The highest BCUT2D eigenvalue weighted by Crippen LogP contribution is 2.56. The van der Waals surface area contributed by atoms with Crippen molar-refractivity contribution in [3.05, 3.63) is 229 Å². The molecule has 0 saturated carbocycles. The summed E-state index contributed by atoms with van der Waals surface area (Å²) in [4.78, 5) is 40.0. The van der Waals surface area contributed by atoms with Crippen molar-refractivity contribution in [3.63, 3.8) is 0 Å². The van der Waals surface area contributed by atoms with Crippen molar-refractivity contribution < 1.29 is 99.0 Å². The molecule has 4 aromatic heterocycles. The van der Waals surface area contributed by atoms with E-state index in [-0.39, 0.29) is 93.4 Å². The number of anilines is 2. The molecule has 144 heavy (non-hydrogen) atoms. The number of unbranched alkanes of at least 4 members (excludes halogenated alkanes) is 30. The van der Waals surface area contributed by atoms with E-state index in [1.807, 2.05) is 60.7 Å². The number of nitrogen functional groups attached to an aromatic ring is 2. The van der Waals surface area contributed by atoms with E-state index < -0.39 is 102 Å². The van der Waals surface area contributed by atoms with Crippen molar-refractivity contribution in [3.8, 4) is 23.6 Å². The van der Waals surface area contributed by atoms with Gasteiger partial charge >= 0.3 is 15.4 Å². The monoisotopic (exact) mass is 2030 g/mol. The molecule has 4 aliphatic heterocycles. The van der Waals surface area contributed by atoms with Crippen LogP contribution >= 0.6 is 15.4 Å². The first-order chi connectivity index (χ1) is 69.6. The van der Waals surface area contributed by atoms with Gasteiger partial charge in [-0.1, -0.05) is 279 Å². The number of nitro groups is 3. The Bertz CT molecular complexity index is 5490. The summed E-state index contributed by atoms with van der Waals surface area (Å²) in [7, 11) is -8.54. The maximum absolute atomic E-state index is 15.0. The predicted molar refractivity (Wildman–Crippen MR) is 542 cm³/mol. The quantitative estimate of drug-likeness (QED) is 0.0138. The molecule has 39 heteroatoms. The summed E-state index contributed by atoms with van der Waals surface area (Å²) in [6.45, 7) is 12.5. The molecule has 4 saturated heterocycles. The first kappa shape index (κ1) is 114. The van der Waals surface area contributed by atoms with Gasteiger partial charge in [0.2, 0.25) is 11.2 Å². The van der Waals surface area contributed by atoms with Gasteiger partial charge in [0.25, 0.3) is 17.1 Å². The lowest BCUT2D eigenvalue weighted by molar-refractivity contribution is -0.385. The molecule has 0 amide bonds. The van der Waals surface area contributed by atoms with E-state index in [0.717, 1.165) is 36.8 Å². The van der Waals surface area contributed by atoms with Crippen LogP contribution in [0.3, 0.4) is 0 Å². The van der Waals surface area contributed by atoms with Crippen LogP contribution in [-0.2, 0) is 101 Å². The molecule has 8 heterocycles. The molecule has 11 atom stereocenters. The van der Waals surface area contributed by atoms with Crippen molar-refractivity contribution in [1.82, 2.24) is 29.2 Å². The fraction of sp³-hybridized carbons (Fsp3) is 0.581. The number of rotatable bonds is 65. The van der Waals surface area contributed by atoms with Crippen LogP contribution in [0, 0.1) is 53.0 Å². The summed E-state index contributed by atoms with van der Waals surface area (Å²) in [5.41, 5.74) is 12.5. The molecular formula is C105H145N13O24P2. The SMILES string of the molecule is CC1(C)O[C@H]2[C@@H](O1)[C@](C#N)(c1ccc3c(N)ncnn13)O[C@@H]2CO.CCCCCCCCCCCCCCCCCCOC[C@H](COP(=O)(Cc1ccc([N+](=O)[O-])cc1)OC[C@H]1O[C@@](C#N)(c2ccc3c(N)ncnn23)[C@@H]2OC(C)(C)O[C@@H]21)OCc1ccccc1.CCCCCCCCCCCCCCCCCCOC[C@H](COP(=O)(Oc1ccc([N+](=O)[O-])cc1)Oc1ccc([N+](=O)[O-])cc1)OCc1ccccc1. The molecule has 0 radical (unpaired) electrons. The molecule has 4 fully saturated rings. The van der Waals surface area contributed by atoms with Crippen LogP contribution in [0.2, 0.25) is 0 Å². The smallest absolute Gasteiger partial charge is 0.395 e. The van der Waals surface area contributed by atoms with E-state index in [4.69, 9.17) is 81.5 Å². The maximum Gasteiger partial charge on any atom is 0.587 e. The van der Waals surface area contributed by atoms with Gasteiger partial charge in [0.15, 0.2) is 23.2 Å². The molecule has 0 spiro atoms. The minimum absolute atomic E-state index is 0.00217. The minimum Gasteiger partial charge on any atom is -0.395 e. The Morgan fingerprint density at radius 2 is 0.778 bits per heavy atom. The van der Waals surface area contributed by atoms with Crippen molar-refractivity contribution in [2.24, 2.45) is 0 Å². The Labute approximate surface area is 844 Å². The Hall–Kier alpha value is -10.4. The van der Waals surface area contributed by atoms with Gasteiger partial charge in [0.05, 0.1) is 85.2 Å². The Morgan fingerprint density at radius 1 is 0.431 bits per heavy atom. The molecule has 9 aromatic rings. The number of ether oxygens (including phenoxy) is 10. The van der Waals surface area contributed by atoms with Crippen LogP contribution in [0.1, 0.15) is 275 Å². The summed E-state index contributed by atoms with van der Waals surface area (Å²) >= 11 is 0. The van der Waals surface area contributed by atoms with E-state index in [2.05, 4.69) is 46.2 Å². The number of aliphatic hydroxyl groups is 1. The molecule has 5 aromatic carbocycles. The van der Waals surface area contributed by atoms with Gasteiger partial charge < -0.3 is 82.0 Å². The molecule has 5 N–H and O–H groups in total. The van der Waals surface area contributed by atoms with Crippen LogP contribution in [0.15, 0.2) is 170 Å². The van der Waals surface area contributed by atoms with Crippen molar-refractivity contribution >= 4 is 55.1 Å². The standard InChI is InChI=1S/C50H71N6O10P.C40H57N2O10P.C15H17N5O4/c1-4-5-6-7-8-9-10-11-12-13-14-15-16-17-18-22-31-60-33-42(61-32-39-23-20-19-21-24-39)34-62-67(59,36-40-25-27-41(28-26-40)56(57)58)63-35-44-46-47(66-49(2,3)65-46)50(37-51,64-44)45-30-29-43-48(52)53-38-54-55(43)45;1-2-3-4-5-6-7-8-9-10-11-12-13-14-15-16-20-31-48-33-40(49-32-35-21-18-17-19-22-35)34-50-53(47,51-38-27-23-36(24-28-38)41(43)44)52-39-29-25-37(26-30-39)42(45)46;1-14(2)23-11-9(5-21)22-15(6-16,12(11)24-14)10-4-3-8-13(17)18-7-19-20(8)10/h19-21,23-30,38,42,44,46-47H,4-18,22,31-36H2,1-3H3,(H2,52,53,54);17-19,21-30,40H,2-16,20,31-34H2,1H3;3-4,7,9,11-12,21H,5H2,1-2H3,(H2,17,18,19)/t42-,44-,46-,47-,50+,67?;40-;9-,11-,12-,15+/m111/s1. The molecule has 784 valence electrons. The van der Waals surface area contributed by atoms with Gasteiger partial charge in [-0.25, -0.2) is 23.6 Å². The van der Waals surface area contributed by atoms with Gasteiger partial charge in [-0.15, -0.1) is 0 Å². The number of nitrogens with zero attached hydrogens (tertiary/aromatic N) is 11. The van der Waals surface area contributed by atoms with E-state index in [1.54, 1.807) is 52.0 Å². The van der Waals surface area contributed by atoms with Crippen molar-refractivity contribution in [2.75, 3.05) is 64.3 Å². The van der Waals surface area contributed by atoms with Crippen LogP contribution in [0.25, 0.3) is 11.0 Å². The topological polar surface area (TPSA) is 482 Å². The van der Waals surface area contributed by atoms with E-state index in [9.17, 15) is 55.1 Å². The maximum atomic E-state index is 15.0. The summed E-state index contributed by atoms with van der Waals surface area (Å²) in [5, 5.41) is 72.6. The predicted octanol–water partition coefficient (Wildman–Crippen LogP) is 23.0. The van der Waals surface area contributed by atoms with Crippen LogP contribution in [0.4, 0.5) is 28.7 Å². The third-order valence-corrected chi connectivity index (χ3v) is 28.8. The average Bonchev–Trinajstić information content (AvgIpc) is 1.55. The van der Waals surface area contributed by atoms with Gasteiger partial charge in [-0.05, 0) is 106 Å². The lowest BCUT2D eigenvalue weighted by Gasteiger charge is -2.29. The van der Waals surface area contributed by atoms with Crippen molar-refractivity contribution in [2.45, 2.75) is 338 Å². The number of aromatic nitrogens is 6. The second kappa shape index (κ2) is 58.2. The summed E-state index contributed by atoms with van der Waals surface area (Å²) < 4.78 is 123. The highest BCUT2D eigenvalue weighted by molar-refractivity contribution is 7.53. The highest BCUT2D eigenvalue weighted by atomic mass is 31.2. The second-order valence-corrected chi connectivity index (χ2v) is 41.4. The minimum atomic E-state index is -4.44. The van der Waals surface area contributed by atoms with Crippen LogP contribution in [-0.4, -0.2) is 162 Å². The van der Waals surface area contributed by atoms with Gasteiger partial charge in [-0.3, -0.25) is 39.4 Å². The number of benzene rings is 5. The normalized spacial score (nSPS) is 20.0. The third kappa shape index (κ3) is 34.6. The molecule has 13 rings (SSSR count). The number of non-ortho nitro benzene ring substituents is 3. The zero-order valence-electron chi connectivity index (χ0n) is 84.0. The van der Waals surface area contributed by atoms with Gasteiger partial charge in [0.1, 0.15) is 96.2 Å². The molecule has 1 unspecified atom stereocenters. The number of fused-ring (bicyclic) bond motifs is 4. The van der Waals surface area contributed by atoms with Gasteiger partial charge in [0, 0.05) is 49.6 Å². The molecule has 4 aliphatic rings. The van der Waals surface area contributed by atoms with E-state index >= 15 is 0 Å². The number of nitrogens with two attached hydrogens (primary N) is 2. The number of hydrogen-bond acceptors (Lipinski definition) is 32. The third-order valence-electron chi connectivity index (χ3n) is 25.6. The fourth-order valence-corrected chi connectivity index (χ4v) is 20.9. The lowest BCUT2D eigenvalue weighted by atomic mass is 9.92. The highest BCUT2D eigenvalue weighted by Gasteiger charge is 2.67. The Kier molecular flexibility index (Phi) is 46.1. The first-order valence-electron chi connectivity index (χ1n) is 51.0. The second-order valence-electron chi connectivity index (χ2n) is 37.9. The zero-order valence-corrected chi connectivity index (χ0v) is 85.8. The molecule has 37 nitrogen and oxygen atoms in total. The van der Waals surface area contributed by atoms with E-state index in [0.29, 0.717) is 47.0 Å².